The Morgan fingerprint density at radius 3 is 3.20 bits per heavy atom. The van der Waals surface area contributed by atoms with Gasteiger partial charge in [0.1, 0.15) is 6.17 Å². The zero-order chi connectivity index (χ0) is 6.97. The van der Waals surface area contributed by atoms with Crippen molar-refractivity contribution in [1.82, 2.24) is 15.5 Å². The molecule has 0 fully saturated rings. The summed E-state index contributed by atoms with van der Waals surface area (Å²) in [5.41, 5.74) is 0. The van der Waals surface area contributed by atoms with E-state index in [1.165, 1.54) is 0 Å². The summed E-state index contributed by atoms with van der Waals surface area (Å²) in [5.74, 6) is 0. The number of carbonyl (C=O) groups is 1. The van der Waals surface area contributed by atoms with Gasteiger partial charge in [-0.15, -0.1) is 0 Å². The van der Waals surface area contributed by atoms with Crippen LogP contribution >= 0.6 is 0 Å². The second-order valence-corrected chi connectivity index (χ2v) is 2.14. The molecule has 2 heterocycles. The molecule has 10 heavy (non-hydrogen) atoms. The summed E-state index contributed by atoms with van der Waals surface area (Å²) >= 11 is 0. The summed E-state index contributed by atoms with van der Waals surface area (Å²) in [6.07, 6.45) is 7.00. The molecule has 2 aliphatic heterocycles. The first-order chi connectivity index (χ1) is 4.88. The molecule has 0 saturated carbocycles. The van der Waals surface area contributed by atoms with Gasteiger partial charge in [0.2, 0.25) is 0 Å². The van der Waals surface area contributed by atoms with Crippen LogP contribution in [0.4, 0.5) is 4.79 Å². The Kier molecular flexibility index (Phi) is 0.943. The van der Waals surface area contributed by atoms with Crippen LogP contribution in [0.5, 0.6) is 0 Å². The lowest BCUT2D eigenvalue weighted by Gasteiger charge is -2.23. The predicted octanol–water partition coefficient (Wildman–Crippen LogP) is -0.0742. The average Bonchev–Trinajstić information content (AvgIpc) is 2.36. The maximum Gasteiger partial charge on any atom is 0.327 e. The van der Waals surface area contributed by atoms with Crippen LogP contribution in [-0.4, -0.2) is 17.1 Å². The van der Waals surface area contributed by atoms with E-state index < -0.39 is 0 Å². The number of hydrogen-bond donors (Lipinski definition) is 2. The average molecular weight is 137 g/mol. The molecule has 2 aliphatic rings. The van der Waals surface area contributed by atoms with E-state index in [9.17, 15) is 4.79 Å². The Labute approximate surface area is 58.2 Å². The van der Waals surface area contributed by atoms with Gasteiger partial charge >= 0.3 is 6.03 Å². The number of nitrogens with one attached hydrogen (secondary N) is 2. The molecular weight excluding hydrogens is 130 g/mol. The minimum Gasteiger partial charge on any atom is -0.366 e. The van der Waals surface area contributed by atoms with Gasteiger partial charge in [0, 0.05) is 18.6 Å². The van der Waals surface area contributed by atoms with Crippen LogP contribution in [-0.2, 0) is 0 Å². The lowest BCUT2D eigenvalue weighted by Crippen LogP contribution is -2.45. The summed E-state index contributed by atoms with van der Waals surface area (Å²) in [6, 6.07) is -0.0891. The molecule has 52 valence electrons. The Balaban J connectivity index is 2.28. The monoisotopic (exact) mass is 137 g/mol. The summed E-state index contributed by atoms with van der Waals surface area (Å²) in [5, 5.41) is 5.56. The second kappa shape index (κ2) is 1.76. The van der Waals surface area contributed by atoms with Crippen molar-refractivity contribution in [2.24, 2.45) is 0 Å². The number of rotatable bonds is 0. The Morgan fingerprint density at radius 1 is 1.50 bits per heavy atom. The van der Waals surface area contributed by atoms with E-state index in [0.717, 1.165) is 0 Å². The molecule has 2 amide bonds. The fraction of sp³-hybridized carbons (Fsp3) is 0.167. The molecule has 0 bridgehead atoms. The van der Waals surface area contributed by atoms with Crippen LogP contribution in [0.25, 0.3) is 0 Å². The van der Waals surface area contributed by atoms with Gasteiger partial charge < -0.3 is 10.6 Å². The van der Waals surface area contributed by atoms with Crippen molar-refractivity contribution in [2.45, 2.75) is 6.17 Å². The standard InChI is InChI=1S/C6H7N3O/c10-6-8-2-1-5-7-3-4-9(5)6/h1-5,7H,(H,8,10). The third-order valence-corrected chi connectivity index (χ3v) is 1.52. The lowest BCUT2D eigenvalue weighted by atomic mass is 10.4. The maximum absolute atomic E-state index is 10.9. The molecule has 0 saturated heterocycles. The zero-order valence-electron chi connectivity index (χ0n) is 5.24. The van der Waals surface area contributed by atoms with Crippen molar-refractivity contribution in [3.05, 3.63) is 24.7 Å². The van der Waals surface area contributed by atoms with Gasteiger partial charge in [-0.05, 0) is 6.08 Å². The minimum absolute atomic E-state index is 0.0220. The molecule has 4 nitrogen and oxygen atoms in total. The molecule has 0 aromatic heterocycles. The maximum atomic E-state index is 10.9. The van der Waals surface area contributed by atoms with Gasteiger partial charge in [0.25, 0.3) is 0 Å². The van der Waals surface area contributed by atoms with Crippen molar-refractivity contribution in [2.75, 3.05) is 0 Å². The summed E-state index contributed by atoms with van der Waals surface area (Å²) in [7, 11) is 0. The Hall–Kier alpha value is -1.45. The molecule has 1 unspecified atom stereocenters. The van der Waals surface area contributed by atoms with E-state index in [-0.39, 0.29) is 12.2 Å². The molecule has 4 heteroatoms. The quantitative estimate of drug-likeness (QED) is 0.490. The number of amides is 2. The summed E-state index contributed by atoms with van der Waals surface area (Å²) in [4.78, 5) is 12.5. The van der Waals surface area contributed by atoms with Crippen LogP contribution in [0, 0.1) is 0 Å². The van der Waals surface area contributed by atoms with Gasteiger partial charge in [-0.3, -0.25) is 4.90 Å². The number of urea groups is 1. The fourth-order valence-electron chi connectivity index (χ4n) is 1.02. The van der Waals surface area contributed by atoms with E-state index in [4.69, 9.17) is 0 Å². The molecule has 0 aromatic rings. The number of carbonyl (C=O) groups excluding carboxylic acids is 1. The highest BCUT2D eigenvalue weighted by Gasteiger charge is 2.24. The predicted molar refractivity (Wildman–Crippen MR) is 35.6 cm³/mol. The first kappa shape index (κ1) is 5.34. The van der Waals surface area contributed by atoms with Gasteiger partial charge in [-0.25, -0.2) is 4.79 Å². The first-order valence-electron chi connectivity index (χ1n) is 3.06. The van der Waals surface area contributed by atoms with E-state index >= 15 is 0 Å². The topological polar surface area (TPSA) is 44.4 Å². The Morgan fingerprint density at radius 2 is 2.40 bits per heavy atom. The third-order valence-electron chi connectivity index (χ3n) is 1.52. The number of nitrogens with zero attached hydrogens (tertiary/aromatic N) is 1. The number of hydrogen-bond acceptors (Lipinski definition) is 2. The van der Waals surface area contributed by atoms with E-state index in [0.29, 0.717) is 0 Å². The molecule has 2 N–H and O–H groups in total. The molecule has 1 atom stereocenters. The highest BCUT2D eigenvalue weighted by molar-refractivity contribution is 5.78. The Bertz CT molecular complexity index is 221. The largest absolute Gasteiger partial charge is 0.366 e. The molecule has 0 radical (unpaired) electrons. The smallest absolute Gasteiger partial charge is 0.327 e. The zero-order valence-corrected chi connectivity index (χ0v) is 5.24. The number of fused-ring (bicyclic) bond motifs is 1. The van der Waals surface area contributed by atoms with Crippen LogP contribution in [0.2, 0.25) is 0 Å². The van der Waals surface area contributed by atoms with Crippen LogP contribution in [0.15, 0.2) is 24.7 Å². The van der Waals surface area contributed by atoms with E-state index in [1.54, 1.807) is 23.5 Å². The van der Waals surface area contributed by atoms with Crippen LogP contribution < -0.4 is 10.6 Å². The molecule has 2 rings (SSSR count). The van der Waals surface area contributed by atoms with Crippen LogP contribution in [0.1, 0.15) is 0 Å². The van der Waals surface area contributed by atoms with Crippen molar-refractivity contribution in [3.63, 3.8) is 0 Å². The summed E-state index contributed by atoms with van der Waals surface area (Å²) in [6.45, 7) is 0. The molecular formula is C6H7N3O. The molecule has 0 aromatic carbocycles. The first-order valence-corrected chi connectivity index (χ1v) is 3.06. The normalized spacial score (nSPS) is 27.8. The fourth-order valence-corrected chi connectivity index (χ4v) is 1.02. The van der Waals surface area contributed by atoms with Gasteiger partial charge in [-0.1, -0.05) is 0 Å². The van der Waals surface area contributed by atoms with Crippen molar-refractivity contribution in [1.29, 1.82) is 0 Å². The van der Waals surface area contributed by atoms with Crippen molar-refractivity contribution < 1.29 is 4.79 Å². The highest BCUT2D eigenvalue weighted by Crippen LogP contribution is 2.08. The van der Waals surface area contributed by atoms with Crippen molar-refractivity contribution >= 4 is 6.03 Å². The van der Waals surface area contributed by atoms with E-state index in [1.807, 2.05) is 6.08 Å². The summed E-state index contributed by atoms with van der Waals surface area (Å²) < 4.78 is 0. The van der Waals surface area contributed by atoms with Crippen molar-refractivity contribution in [3.8, 4) is 0 Å². The third kappa shape index (κ3) is 0.586. The highest BCUT2D eigenvalue weighted by atomic mass is 16.2. The lowest BCUT2D eigenvalue weighted by molar-refractivity contribution is 0.209. The minimum atomic E-state index is -0.0891. The second-order valence-electron chi connectivity index (χ2n) is 2.14. The van der Waals surface area contributed by atoms with Gasteiger partial charge in [0.15, 0.2) is 0 Å². The molecule has 0 aliphatic carbocycles. The van der Waals surface area contributed by atoms with Gasteiger partial charge in [-0.2, -0.15) is 0 Å². The SMILES string of the molecule is O=C1NC=CC2NC=CN12. The molecule has 0 spiro atoms. The van der Waals surface area contributed by atoms with Crippen LogP contribution in [0.3, 0.4) is 0 Å². The van der Waals surface area contributed by atoms with Gasteiger partial charge in [0.05, 0.1) is 0 Å². The van der Waals surface area contributed by atoms with E-state index in [2.05, 4.69) is 10.6 Å².